The summed E-state index contributed by atoms with van der Waals surface area (Å²) >= 11 is 0. The number of amides is 1. The molecule has 28 heavy (non-hydrogen) atoms. The van der Waals surface area contributed by atoms with Crippen molar-refractivity contribution in [2.75, 3.05) is 11.9 Å². The first kappa shape index (κ1) is 20.2. The number of alkyl halides is 3. The predicted octanol–water partition coefficient (Wildman–Crippen LogP) is 0.857. The number of anilines is 1. The van der Waals surface area contributed by atoms with Crippen molar-refractivity contribution in [2.45, 2.75) is 30.7 Å². The quantitative estimate of drug-likeness (QED) is 0.571. The van der Waals surface area contributed by atoms with E-state index in [0.717, 1.165) is 24.3 Å². The first-order valence-electron chi connectivity index (χ1n) is 8.32. The lowest BCUT2D eigenvalue weighted by molar-refractivity contribution is -0.765. The molecule has 1 saturated heterocycles. The maximum Gasteiger partial charge on any atom is 0.416 e. The van der Waals surface area contributed by atoms with Gasteiger partial charge in [0.1, 0.15) is 17.8 Å². The van der Waals surface area contributed by atoms with Crippen LogP contribution in [0, 0.1) is 0 Å². The average molecular weight is 399 g/mol. The van der Waals surface area contributed by atoms with E-state index < -0.39 is 48.8 Å². The lowest BCUT2D eigenvalue weighted by atomic mass is 10.1. The van der Waals surface area contributed by atoms with Gasteiger partial charge in [0.05, 0.1) is 12.2 Å². The lowest BCUT2D eigenvalue weighted by Crippen LogP contribution is -2.46. The minimum atomic E-state index is -4.47. The Labute approximate surface area is 157 Å². The van der Waals surface area contributed by atoms with Crippen LogP contribution in [0.4, 0.5) is 18.9 Å². The van der Waals surface area contributed by atoms with Crippen molar-refractivity contribution in [1.29, 1.82) is 0 Å². The van der Waals surface area contributed by atoms with Crippen LogP contribution in [0.1, 0.15) is 22.1 Å². The van der Waals surface area contributed by atoms with Crippen molar-refractivity contribution in [3.63, 3.8) is 0 Å². The molecular formula is C18H18F3N2O5+. The topological polar surface area (TPSA) is 103 Å². The monoisotopic (exact) mass is 399 g/mol. The summed E-state index contributed by atoms with van der Waals surface area (Å²) in [4.78, 5) is 12.4. The molecule has 0 unspecified atom stereocenters. The summed E-state index contributed by atoms with van der Waals surface area (Å²) < 4.78 is 44.5. The number of nitrogens with zero attached hydrogens (tertiary/aromatic N) is 1. The van der Waals surface area contributed by atoms with Gasteiger partial charge in [-0.1, -0.05) is 0 Å². The van der Waals surface area contributed by atoms with Gasteiger partial charge in [-0.3, -0.25) is 4.79 Å². The zero-order valence-corrected chi connectivity index (χ0v) is 14.4. The van der Waals surface area contributed by atoms with E-state index in [4.69, 9.17) is 9.84 Å². The van der Waals surface area contributed by atoms with Crippen LogP contribution in [0.5, 0.6) is 0 Å². The third kappa shape index (κ3) is 4.14. The van der Waals surface area contributed by atoms with Crippen molar-refractivity contribution in [1.82, 2.24) is 0 Å². The molecule has 0 saturated carbocycles. The zero-order chi connectivity index (χ0) is 20.5. The van der Waals surface area contributed by atoms with Crippen molar-refractivity contribution in [3.8, 4) is 0 Å². The molecule has 1 aliphatic heterocycles. The summed E-state index contributed by atoms with van der Waals surface area (Å²) in [6.07, 6.45) is -6.16. The highest BCUT2D eigenvalue weighted by molar-refractivity contribution is 6.03. The fourth-order valence-electron chi connectivity index (χ4n) is 2.86. The Morgan fingerprint density at radius 2 is 1.82 bits per heavy atom. The number of carbonyl (C=O) groups excluding carboxylic acids is 1. The number of ether oxygens (including phenoxy) is 1. The molecule has 1 fully saturated rings. The van der Waals surface area contributed by atoms with Crippen LogP contribution in [-0.2, 0) is 10.9 Å². The van der Waals surface area contributed by atoms with Crippen LogP contribution in [0.25, 0.3) is 0 Å². The van der Waals surface area contributed by atoms with Crippen LogP contribution < -0.4 is 9.88 Å². The number of carbonyl (C=O) groups is 1. The molecule has 150 valence electrons. The van der Waals surface area contributed by atoms with Crippen LogP contribution in [0.3, 0.4) is 0 Å². The molecule has 0 aliphatic carbocycles. The van der Waals surface area contributed by atoms with Crippen molar-refractivity contribution < 1.29 is 42.6 Å². The number of aliphatic hydroxyl groups excluding tert-OH is 3. The van der Waals surface area contributed by atoms with Crippen molar-refractivity contribution >= 4 is 11.6 Å². The fourth-order valence-corrected chi connectivity index (χ4v) is 2.86. The summed E-state index contributed by atoms with van der Waals surface area (Å²) in [5, 5.41) is 31.5. The highest BCUT2D eigenvalue weighted by Crippen LogP contribution is 2.30. The Morgan fingerprint density at radius 1 is 1.14 bits per heavy atom. The molecule has 1 amide bonds. The van der Waals surface area contributed by atoms with E-state index in [1.54, 1.807) is 0 Å². The van der Waals surface area contributed by atoms with Crippen LogP contribution in [-0.4, -0.2) is 46.1 Å². The third-order valence-corrected chi connectivity index (χ3v) is 4.37. The number of nitrogens with one attached hydrogen (secondary N) is 1. The molecule has 10 heteroatoms. The Morgan fingerprint density at radius 3 is 2.39 bits per heavy atom. The smallest absolute Gasteiger partial charge is 0.394 e. The van der Waals surface area contributed by atoms with E-state index in [2.05, 4.69) is 5.32 Å². The first-order chi connectivity index (χ1) is 13.2. The summed E-state index contributed by atoms with van der Waals surface area (Å²) in [5.74, 6) is -0.583. The lowest BCUT2D eigenvalue weighted by Gasteiger charge is -2.11. The maximum absolute atomic E-state index is 12.6. The van der Waals surface area contributed by atoms with Gasteiger partial charge in [0.25, 0.3) is 12.1 Å². The second-order valence-electron chi connectivity index (χ2n) is 6.30. The molecule has 4 N–H and O–H groups in total. The fraction of sp³-hybridized carbons (Fsp3) is 0.333. The zero-order valence-electron chi connectivity index (χ0n) is 14.4. The van der Waals surface area contributed by atoms with Crippen molar-refractivity contribution in [3.05, 3.63) is 59.9 Å². The van der Waals surface area contributed by atoms with Gasteiger partial charge in [0.15, 0.2) is 18.5 Å². The number of aromatic nitrogens is 1. The molecule has 0 bridgehead atoms. The highest BCUT2D eigenvalue weighted by atomic mass is 19.4. The Hall–Kier alpha value is -2.53. The standard InChI is InChI=1S/C18H17F3N2O5/c19-18(20,21)11-3-5-12(6-4-11)22-16(27)10-2-1-7-23(8-10)17-15(26)14(25)13(9-24)28-17/h1-8,13-15,17,24-26H,9H2/p+1/t13-,14-,15-,17-/m1/s1. The molecule has 4 atom stereocenters. The van der Waals surface area contributed by atoms with Gasteiger partial charge in [0.2, 0.25) is 0 Å². The van der Waals surface area contributed by atoms with E-state index in [1.807, 2.05) is 0 Å². The van der Waals surface area contributed by atoms with Gasteiger partial charge in [0, 0.05) is 11.8 Å². The summed E-state index contributed by atoms with van der Waals surface area (Å²) in [6.45, 7) is -0.483. The number of hydrogen-bond acceptors (Lipinski definition) is 5. The van der Waals surface area contributed by atoms with E-state index in [9.17, 15) is 28.2 Å². The molecule has 2 aromatic rings. The molecule has 7 nitrogen and oxygen atoms in total. The minimum absolute atomic E-state index is 0.153. The number of pyridine rings is 1. The van der Waals surface area contributed by atoms with Gasteiger partial charge in [-0.05, 0) is 30.3 Å². The van der Waals surface area contributed by atoms with Gasteiger partial charge >= 0.3 is 6.18 Å². The van der Waals surface area contributed by atoms with E-state index in [0.29, 0.717) is 0 Å². The van der Waals surface area contributed by atoms with Gasteiger partial charge < -0.3 is 25.4 Å². The van der Waals surface area contributed by atoms with Gasteiger partial charge in [-0.2, -0.15) is 17.7 Å². The van der Waals surface area contributed by atoms with Crippen LogP contribution in [0.2, 0.25) is 0 Å². The van der Waals surface area contributed by atoms with Gasteiger partial charge in [-0.25, -0.2) is 0 Å². The normalized spacial score (nSPS) is 24.9. The number of rotatable bonds is 4. The molecule has 3 rings (SSSR count). The Balaban J connectivity index is 1.74. The second-order valence-corrected chi connectivity index (χ2v) is 6.30. The summed E-state index contributed by atoms with van der Waals surface area (Å²) in [5.41, 5.74) is -0.492. The summed E-state index contributed by atoms with van der Waals surface area (Å²) in [7, 11) is 0. The number of halogens is 3. The minimum Gasteiger partial charge on any atom is -0.394 e. The van der Waals surface area contributed by atoms with Crippen LogP contribution in [0.15, 0.2) is 48.8 Å². The molecule has 1 aromatic heterocycles. The summed E-state index contributed by atoms with van der Waals surface area (Å²) in [6, 6.07) is 6.99. The predicted molar refractivity (Wildman–Crippen MR) is 89.0 cm³/mol. The van der Waals surface area contributed by atoms with E-state index >= 15 is 0 Å². The largest absolute Gasteiger partial charge is 0.416 e. The molecule has 1 aliphatic rings. The first-order valence-corrected chi connectivity index (χ1v) is 8.32. The van der Waals surface area contributed by atoms with E-state index in [1.165, 1.54) is 29.1 Å². The molecule has 0 spiro atoms. The Bertz CT molecular complexity index is 844. The van der Waals surface area contributed by atoms with E-state index in [-0.39, 0.29) is 11.3 Å². The second kappa shape index (κ2) is 7.84. The highest BCUT2D eigenvalue weighted by Gasteiger charge is 2.48. The van der Waals surface area contributed by atoms with Gasteiger partial charge in [-0.15, -0.1) is 0 Å². The number of hydrogen-bond donors (Lipinski definition) is 4. The molecule has 0 radical (unpaired) electrons. The van der Waals surface area contributed by atoms with Crippen LogP contribution >= 0.6 is 0 Å². The average Bonchev–Trinajstić information content (AvgIpc) is 2.96. The maximum atomic E-state index is 12.6. The van der Waals surface area contributed by atoms with Crippen molar-refractivity contribution in [2.24, 2.45) is 0 Å². The third-order valence-electron chi connectivity index (χ3n) is 4.37. The SMILES string of the molecule is O=C(Nc1ccc(C(F)(F)F)cc1)c1ccc[n+]([C@@H]2O[C@H](CO)[C@@H](O)[C@H]2O)c1. The molecule has 1 aromatic carbocycles. The molecule has 2 heterocycles. The number of benzene rings is 1. The number of aliphatic hydroxyl groups is 3. The Kier molecular flexibility index (Phi) is 5.66. The molecular weight excluding hydrogens is 381 g/mol.